The van der Waals surface area contributed by atoms with Gasteiger partial charge in [0.15, 0.2) is 6.23 Å². The molecule has 1 atom stereocenters. The van der Waals surface area contributed by atoms with Crippen LogP contribution in [0.2, 0.25) is 0 Å². The number of carbonyl (C=O) groups excluding carboxylic acids is 1. The topological polar surface area (TPSA) is 53.6 Å². The Labute approximate surface area is 122 Å². The second-order valence-corrected chi connectivity index (χ2v) is 5.38. The summed E-state index contributed by atoms with van der Waals surface area (Å²) in [5.74, 6) is -0.289. The van der Waals surface area contributed by atoms with Crippen LogP contribution in [0, 0.1) is 0 Å². The van der Waals surface area contributed by atoms with E-state index in [9.17, 15) is 4.79 Å². The number of ether oxygens (including phenoxy) is 1. The van der Waals surface area contributed by atoms with Gasteiger partial charge in [-0.25, -0.2) is 4.79 Å². The number of piperazine rings is 1. The highest BCUT2D eigenvalue weighted by Gasteiger charge is 2.19. The van der Waals surface area contributed by atoms with E-state index in [1.54, 1.807) is 6.92 Å². The molecule has 0 saturated carbocycles. The van der Waals surface area contributed by atoms with Gasteiger partial charge in [0.2, 0.25) is 0 Å². The number of likely N-dealkylation sites (tertiary alicyclic amines) is 1. The molecule has 0 aliphatic carbocycles. The van der Waals surface area contributed by atoms with E-state index in [4.69, 9.17) is 4.74 Å². The van der Waals surface area contributed by atoms with Crippen molar-refractivity contribution < 1.29 is 9.53 Å². The Kier molecular flexibility index (Phi) is 8.49. The lowest BCUT2D eigenvalue weighted by Crippen LogP contribution is -2.40. The third kappa shape index (κ3) is 7.03. The summed E-state index contributed by atoms with van der Waals surface area (Å²) in [5.41, 5.74) is 0.467. The van der Waals surface area contributed by atoms with E-state index in [1.807, 2.05) is 6.92 Å². The first-order valence-electron chi connectivity index (χ1n) is 7.63. The largest absolute Gasteiger partial charge is 0.443 e. The number of piperidine rings is 1. The summed E-state index contributed by atoms with van der Waals surface area (Å²) < 4.78 is 5.24. The molecule has 0 aromatic carbocycles. The third-order valence-electron chi connectivity index (χ3n) is 3.49. The molecule has 0 amide bonds. The van der Waals surface area contributed by atoms with E-state index in [-0.39, 0.29) is 12.2 Å². The summed E-state index contributed by atoms with van der Waals surface area (Å²) in [7, 11) is 0. The molecule has 1 unspecified atom stereocenters. The standard InChI is InChI=1S/C11H19NO2.C4H10N2/c1-9(2)11(13)14-10(3)12-7-5-4-6-8-12;1-2-6-4-3-5-1/h10H,1,4-8H2,2-3H3;5-6H,1-4H2. The van der Waals surface area contributed by atoms with E-state index < -0.39 is 0 Å². The van der Waals surface area contributed by atoms with Crippen LogP contribution >= 0.6 is 0 Å². The van der Waals surface area contributed by atoms with Crippen molar-refractivity contribution in [1.29, 1.82) is 0 Å². The molecule has 0 spiro atoms. The molecule has 2 heterocycles. The average Bonchev–Trinajstić information content (AvgIpc) is 2.50. The van der Waals surface area contributed by atoms with Crippen molar-refractivity contribution in [2.45, 2.75) is 39.3 Å². The molecular formula is C15H29N3O2. The second kappa shape index (κ2) is 9.91. The smallest absolute Gasteiger partial charge is 0.334 e. The maximum absolute atomic E-state index is 11.2. The van der Waals surface area contributed by atoms with Crippen LogP contribution in [-0.2, 0) is 9.53 Å². The molecule has 0 bridgehead atoms. The first-order chi connectivity index (χ1) is 9.61. The lowest BCUT2D eigenvalue weighted by Gasteiger charge is -2.31. The Balaban J connectivity index is 0.000000276. The van der Waals surface area contributed by atoms with Gasteiger partial charge in [0.05, 0.1) is 0 Å². The van der Waals surface area contributed by atoms with Crippen LogP contribution < -0.4 is 10.6 Å². The van der Waals surface area contributed by atoms with E-state index in [1.165, 1.54) is 19.3 Å². The lowest BCUT2D eigenvalue weighted by atomic mass is 10.1. The van der Waals surface area contributed by atoms with Gasteiger partial charge in [-0.2, -0.15) is 0 Å². The number of hydrogen-bond donors (Lipinski definition) is 2. The van der Waals surface area contributed by atoms with Gasteiger partial charge in [-0.15, -0.1) is 0 Å². The maximum atomic E-state index is 11.2. The van der Waals surface area contributed by atoms with E-state index >= 15 is 0 Å². The highest BCUT2D eigenvalue weighted by atomic mass is 16.6. The van der Waals surface area contributed by atoms with Crippen molar-refractivity contribution in [3.8, 4) is 0 Å². The van der Waals surface area contributed by atoms with Crippen LogP contribution in [0.25, 0.3) is 0 Å². The van der Waals surface area contributed by atoms with Crippen LogP contribution in [-0.4, -0.2) is 56.4 Å². The second-order valence-electron chi connectivity index (χ2n) is 5.38. The van der Waals surface area contributed by atoms with E-state index in [2.05, 4.69) is 22.1 Å². The Bertz CT molecular complexity index is 286. The minimum Gasteiger partial charge on any atom is -0.443 e. The highest BCUT2D eigenvalue weighted by molar-refractivity contribution is 5.87. The predicted octanol–water partition coefficient (Wildman–Crippen LogP) is 1.12. The molecule has 2 aliphatic rings. The average molecular weight is 283 g/mol. The van der Waals surface area contributed by atoms with Gasteiger partial charge < -0.3 is 15.4 Å². The Hall–Kier alpha value is -0.910. The van der Waals surface area contributed by atoms with E-state index in [0.29, 0.717) is 5.57 Å². The zero-order chi connectivity index (χ0) is 14.8. The van der Waals surface area contributed by atoms with Crippen LogP contribution in [0.3, 0.4) is 0 Å². The summed E-state index contributed by atoms with van der Waals surface area (Å²) in [5, 5.41) is 6.44. The van der Waals surface area contributed by atoms with Crippen molar-refractivity contribution in [3.63, 3.8) is 0 Å². The summed E-state index contributed by atoms with van der Waals surface area (Å²) >= 11 is 0. The van der Waals surface area contributed by atoms with Gasteiger partial charge in [-0.3, -0.25) is 4.90 Å². The minimum absolute atomic E-state index is 0.112. The number of hydrogen-bond acceptors (Lipinski definition) is 5. The van der Waals surface area contributed by atoms with Gasteiger partial charge >= 0.3 is 5.97 Å². The first kappa shape index (κ1) is 17.1. The number of esters is 1. The van der Waals surface area contributed by atoms with Crippen LogP contribution in [0.4, 0.5) is 0 Å². The normalized spacial score (nSPS) is 21.3. The number of nitrogens with zero attached hydrogens (tertiary/aromatic N) is 1. The number of rotatable bonds is 3. The predicted molar refractivity (Wildman–Crippen MR) is 81.5 cm³/mol. The molecule has 0 aromatic rings. The van der Waals surface area contributed by atoms with Crippen molar-refractivity contribution in [2.24, 2.45) is 0 Å². The molecule has 5 nitrogen and oxygen atoms in total. The molecule has 0 radical (unpaired) electrons. The Morgan fingerprint density at radius 2 is 1.60 bits per heavy atom. The van der Waals surface area contributed by atoms with Crippen molar-refractivity contribution in [1.82, 2.24) is 15.5 Å². The fourth-order valence-electron chi connectivity index (χ4n) is 2.22. The molecule has 20 heavy (non-hydrogen) atoms. The fraction of sp³-hybridized carbons (Fsp3) is 0.800. The van der Waals surface area contributed by atoms with Crippen LogP contribution in [0.1, 0.15) is 33.1 Å². The maximum Gasteiger partial charge on any atom is 0.334 e. The van der Waals surface area contributed by atoms with Crippen molar-refractivity contribution in [2.75, 3.05) is 39.3 Å². The molecule has 5 heteroatoms. The first-order valence-corrected chi connectivity index (χ1v) is 7.63. The SMILES string of the molecule is C1CNCCN1.C=C(C)C(=O)OC(C)N1CCCCC1. The lowest BCUT2D eigenvalue weighted by molar-refractivity contribution is -0.153. The van der Waals surface area contributed by atoms with Crippen molar-refractivity contribution in [3.05, 3.63) is 12.2 Å². The molecule has 116 valence electrons. The van der Waals surface area contributed by atoms with Gasteiger partial charge in [0.1, 0.15) is 0 Å². The van der Waals surface area contributed by atoms with Crippen LogP contribution in [0.15, 0.2) is 12.2 Å². The van der Waals surface area contributed by atoms with E-state index in [0.717, 1.165) is 39.3 Å². The number of nitrogens with one attached hydrogen (secondary N) is 2. The monoisotopic (exact) mass is 283 g/mol. The molecular weight excluding hydrogens is 254 g/mol. The summed E-state index contributed by atoms with van der Waals surface area (Å²) in [6, 6.07) is 0. The Morgan fingerprint density at radius 3 is 2.00 bits per heavy atom. The fourth-order valence-corrected chi connectivity index (χ4v) is 2.22. The minimum atomic E-state index is -0.289. The highest BCUT2D eigenvalue weighted by Crippen LogP contribution is 2.13. The van der Waals surface area contributed by atoms with Gasteiger partial charge in [0, 0.05) is 44.8 Å². The summed E-state index contributed by atoms with van der Waals surface area (Å²) in [6.07, 6.45) is 3.58. The molecule has 2 saturated heterocycles. The van der Waals surface area contributed by atoms with Gasteiger partial charge in [-0.05, 0) is 26.7 Å². The van der Waals surface area contributed by atoms with Crippen molar-refractivity contribution >= 4 is 5.97 Å². The number of carbonyl (C=O) groups is 1. The third-order valence-corrected chi connectivity index (χ3v) is 3.49. The summed E-state index contributed by atoms with van der Waals surface area (Å²) in [4.78, 5) is 13.4. The van der Waals surface area contributed by atoms with Gasteiger partial charge in [0.25, 0.3) is 0 Å². The summed E-state index contributed by atoms with van der Waals surface area (Å²) in [6.45, 7) is 13.8. The zero-order valence-electron chi connectivity index (χ0n) is 12.9. The Morgan fingerprint density at radius 1 is 1.10 bits per heavy atom. The molecule has 2 fully saturated rings. The quantitative estimate of drug-likeness (QED) is 0.600. The molecule has 0 aromatic heterocycles. The molecule has 2 rings (SSSR count). The van der Waals surface area contributed by atoms with Gasteiger partial charge in [-0.1, -0.05) is 13.0 Å². The van der Waals surface area contributed by atoms with Crippen LogP contribution in [0.5, 0.6) is 0 Å². The molecule has 2 aliphatic heterocycles. The molecule has 2 N–H and O–H groups in total. The zero-order valence-corrected chi connectivity index (χ0v) is 12.9.